The largest absolute Gasteiger partial charge is 0.508 e. The Hall–Kier alpha value is -1.06. The molecule has 2 N–H and O–H groups in total. The number of phenolic OH excluding ortho intramolecular Hbond substituents is 1. The van der Waals surface area contributed by atoms with E-state index in [-0.39, 0.29) is 5.41 Å². The zero-order chi connectivity index (χ0) is 17.8. The van der Waals surface area contributed by atoms with Gasteiger partial charge >= 0.3 is 0 Å². The second-order valence-corrected chi connectivity index (χ2v) is 9.68. The van der Waals surface area contributed by atoms with Crippen molar-refractivity contribution in [2.75, 3.05) is 13.1 Å². The number of fused-ring (bicyclic) bond motifs is 4. The maximum atomic E-state index is 10.3. The molecule has 0 aromatic heterocycles. The van der Waals surface area contributed by atoms with Crippen LogP contribution in [0.25, 0.3) is 0 Å². The van der Waals surface area contributed by atoms with Crippen molar-refractivity contribution in [2.24, 2.45) is 11.8 Å². The summed E-state index contributed by atoms with van der Waals surface area (Å²) in [6.07, 6.45) is 6.95. The van der Waals surface area contributed by atoms with Crippen molar-refractivity contribution in [3.8, 4) is 5.75 Å². The molecule has 1 aromatic rings. The molecule has 3 aliphatic rings. The molecule has 0 amide bonds. The predicted octanol–water partition coefficient (Wildman–Crippen LogP) is 3.86. The third-order valence-corrected chi connectivity index (χ3v) is 7.06. The minimum atomic E-state index is -0.606. The summed E-state index contributed by atoms with van der Waals surface area (Å²) < 4.78 is 0. The lowest BCUT2D eigenvalue weighted by molar-refractivity contribution is -0.00487. The molecule has 3 heteroatoms. The molecule has 1 saturated heterocycles. The maximum absolute atomic E-state index is 10.3. The molecule has 1 saturated carbocycles. The van der Waals surface area contributed by atoms with Gasteiger partial charge in [-0.1, -0.05) is 13.0 Å². The topological polar surface area (TPSA) is 43.7 Å². The van der Waals surface area contributed by atoms with Crippen LogP contribution in [0.1, 0.15) is 64.0 Å². The van der Waals surface area contributed by atoms with E-state index in [2.05, 4.69) is 17.9 Å². The Balaban J connectivity index is 1.68. The van der Waals surface area contributed by atoms with Gasteiger partial charge in [0.25, 0.3) is 0 Å². The second kappa shape index (κ2) is 5.99. The molecular weight excluding hydrogens is 310 g/mol. The number of aromatic hydroxyl groups is 1. The van der Waals surface area contributed by atoms with E-state index in [9.17, 15) is 10.2 Å². The first-order valence-electron chi connectivity index (χ1n) is 10.0. The molecule has 4 rings (SSSR count). The Morgan fingerprint density at radius 3 is 2.72 bits per heavy atom. The Bertz CT molecular complexity index is 646. The van der Waals surface area contributed by atoms with Crippen LogP contribution in [0.3, 0.4) is 0 Å². The highest BCUT2D eigenvalue weighted by Gasteiger charge is 2.51. The summed E-state index contributed by atoms with van der Waals surface area (Å²) in [5.41, 5.74) is 2.29. The Kier molecular flexibility index (Phi) is 4.16. The molecule has 1 heterocycles. The van der Waals surface area contributed by atoms with Gasteiger partial charge in [-0.05, 0) is 99.4 Å². The lowest BCUT2D eigenvalue weighted by Crippen LogP contribution is -2.59. The molecular formula is C22H33NO2. The van der Waals surface area contributed by atoms with Gasteiger partial charge in [-0.2, -0.15) is 0 Å². The van der Waals surface area contributed by atoms with Crippen molar-refractivity contribution in [1.82, 2.24) is 4.90 Å². The Morgan fingerprint density at radius 1 is 1.28 bits per heavy atom. The number of aliphatic hydroxyl groups is 1. The minimum absolute atomic E-state index is 0.113. The van der Waals surface area contributed by atoms with Crippen molar-refractivity contribution in [3.63, 3.8) is 0 Å². The van der Waals surface area contributed by atoms with E-state index >= 15 is 0 Å². The van der Waals surface area contributed by atoms with E-state index < -0.39 is 5.60 Å². The van der Waals surface area contributed by atoms with Crippen LogP contribution in [-0.2, 0) is 11.8 Å². The van der Waals surface area contributed by atoms with Gasteiger partial charge in [-0.3, -0.25) is 4.90 Å². The average Bonchev–Trinajstić information content (AvgIpc) is 3.33. The fraction of sp³-hybridized carbons (Fsp3) is 0.727. The summed E-state index contributed by atoms with van der Waals surface area (Å²) in [5.74, 6) is 1.86. The summed E-state index contributed by atoms with van der Waals surface area (Å²) in [7, 11) is 0. The first-order valence-corrected chi connectivity index (χ1v) is 10.0. The van der Waals surface area contributed by atoms with Crippen LogP contribution in [0.4, 0.5) is 0 Å². The molecule has 0 radical (unpaired) electrons. The molecule has 0 spiro atoms. The summed E-state index contributed by atoms with van der Waals surface area (Å²) in [6.45, 7) is 8.69. The molecule has 2 aliphatic carbocycles. The second-order valence-electron chi connectivity index (χ2n) is 9.68. The number of phenols is 1. The number of likely N-dealkylation sites (tertiary alicyclic amines) is 1. The Morgan fingerprint density at radius 2 is 2.04 bits per heavy atom. The normalized spacial score (nSPS) is 32.5. The van der Waals surface area contributed by atoms with Crippen molar-refractivity contribution in [3.05, 3.63) is 29.3 Å². The fourth-order valence-electron chi connectivity index (χ4n) is 5.39. The summed E-state index contributed by atoms with van der Waals surface area (Å²) >= 11 is 0. The summed E-state index contributed by atoms with van der Waals surface area (Å²) in [5, 5.41) is 20.4. The number of hydrogen-bond acceptors (Lipinski definition) is 3. The molecule has 1 aliphatic heterocycles. The zero-order valence-electron chi connectivity index (χ0n) is 16.0. The van der Waals surface area contributed by atoms with E-state index in [1.807, 2.05) is 26.0 Å². The third kappa shape index (κ3) is 3.33. The monoisotopic (exact) mass is 343 g/mol. The Labute approximate surface area is 152 Å². The predicted molar refractivity (Wildman–Crippen MR) is 101 cm³/mol. The quantitative estimate of drug-likeness (QED) is 0.853. The summed E-state index contributed by atoms with van der Waals surface area (Å²) in [4.78, 5) is 2.75. The van der Waals surface area contributed by atoms with Crippen LogP contribution >= 0.6 is 0 Å². The van der Waals surface area contributed by atoms with Crippen LogP contribution in [0, 0.1) is 11.8 Å². The minimum Gasteiger partial charge on any atom is -0.508 e. The van der Waals surface area contributed by atoms with E-state index in [0.29, 0.717) is 17.7 Å². The van der Waals surface area contributed by atoms with Crippen molar-refractivity contribution < 1.29 is 10.2 Å². The molecule has 2 bridgehead atoms. The van der Waals surface area contributed by atoms with E-state index in [4.69, 9.17) is 0 Å². The van der Waals surface area contributed by atoms with Crippen LogP contribution in [0.2, 0.25) is 0 Å². The van der Waals surface area contributed by atoms with Crippen LogP contribution in [0.5, 0.6) is 5.75 Å². The molecule has 3 nitrogen and oxygen atoms in total. The molecule has 2 fully saturated rings. The van der Waals surface area contributed by atoms with Gasteiger partial charge < -0.3 is 10.2 Å². The van der Waals surface area contributed by atoms with Crippen molar-refractivity contribution in [1.29, 1.82) is 0 Å². The average molecular weight is 344 g/mol. The first-order chi connectivity index (χ1) is 11.8. The number of rotatable bonds is 5. The number of hydrogen-bond donors (Lipinski definition) is 2. The van der Waals surface area contributed by atoms with Gasteiger partial charge in [0.1, 0.15) is 5.75 Å². The standard InChI is InChI=1S/C22H33NO2/c1-21(2,25)9-8-18-20-12-16-6-7-17(24)13-19(16)22(18,3)10-11-23(20)14-15-4-5-15/h6-7,13,15,18,20,24-25H,4-5,8-12,14H2,1-3H3/t18-,20-,22+/m1/s1. The van der Waals surface area contributed by atoms with E-state index in [1.165, 1.54) is 37.1 Å². The highest BCUT2D eigenvalue weighted by Crippen LogP contribution is 2.52. The lowest BCUT2D eigenvalue weighted by atomic mass is 9.57. The lowest BCUT2D eigenvalue weighted by Gasteiger charge is -2.56. The van der Waals surface area contributed by atoms with Gasteiger partial charge in [0.15, 0.2) is 0 Å². The smallest absolute Gasteiger partial charge is 0.115 e. The molecule has 25 heavy (non-hydrogen) atoms. The van der Waals surface area contributed by atoms with Gasteiger partial charge in [0.2, 0.25) is 0 Å². The number of benzene rings is 1. The highest BCUT2D eigenvalue weighted by atomic mass is 16.3. The van der Waals surface area contributed by atoms with Crippen LogP contribution in [0.15, 0.2) is 18.2 Å². The highest BCUT2D eigenvalue weighted by molar-refractivity contribution is 5.44. The van der Waals surface area contributed by atoms with Crippen molar-refractivity contribution >= 4 is 0 Å². The number of nitrogens with zero attached hydrogens (tertiary/aromatic N) is 1. The van der Waals surface area contributed by atoms with E-state index in [0.717, 1.165) is 31.6 Å². The van der Waals surface area contributed by atoms with Gasteiger partial charge in [0.05, 0.1) is 5.60 Å². The van der Waals surface area contributed by atoms with Crippen LogP contribution in [-0.4, -0.2) is 39.8 Å². The van der Waals surface area contributed by atoms with Gasteiger partial charge in [0, 0.05) is 12.6 Å². The maximum Gasteiger partial charge on any atom is 0.115 e. The van der Waals surface area contributed by atoms with Crippen LogP contribution < -0.4 is 0 Å². The number of piperidine rings is 1. The molecule has 0 unspecified atom stereocenters. The molecule has 1 aromatic carbocycles. The first kappa shape index (κ1) is 17.4. The van der Waals surface area contributed by atoms with Gasteiger partial charge in [-0.15, -0.1) is 0 Å². The fourth-order valence-corrected chi connectivity index (χ4v) is 5.39. The molecule has 3 atom stereocenters. The SMILES string of the molecule is CC(C)(O)CC[C@@H]1[C@H]2Cc3ccc(O)cc3[C@@]1(C)CCN2CC1CC1. The third-order valence-electron chi connectivity index (χ3n) is 7.06. The van der Waals surface area contributed by atoms with E-state index in [1.54, 1.807) is 0 Å². The van der Waals surface area contributed by atoms with Gasteiger partial charge in [-0.25, -0.2) is 0 Å². The zero-order valence-corrected chi connectivity index (χ0v) is 16.0. The summed E-state index contributed by atoms with van der Waals surface area (Å²) in [6, 6.07) is 6.58. The van der Waals surface area contributed by atoms with Crippen molar-refractivity contribution in [2.45, 2.75) is 76.4 Å². The molecule has 138 valence electrons.